The largest absolute Gasteiger partial charge is 0.393 e. The third kappa shape index (κ3) is 4.03. The predicted octanol–water partition coefficient (Wildman–Crippen LogP) is 2.28. The number of carbonyl (C=O) groups excluding carboxylic acids is 1. The van der Waals surface area contributed by atoms with Crippen molar-refractivity contribution in [1.82, 2.24) is 4.90 Å². The van der Waals surface area contributed by atoms with Gasteiger partial charge in [-0.1, -0.05) is 12.8 Å². The van der Waals surface area contributed by atoms with Gasteiger partial charge in [0.05, 0.1) is 16.6 Å². The van der Waals surface area contributed by atoms with Crippen LogP contribution < -0.4 is 4.90 Å². The Morgan fingerprint density at radius 3 is 2.54 bits per heavy atom. The van der Waals surface area contributed by atoms with E-state index in [1.807, 2.05) is 0 Å². The molecule has 1 aromatic carbocycles. The van der Waals surface area contributed by atoms with E-state index in [9.17, 15) is 20.0 Å². The molecule has 2 unspecified atom stereocenters. The number of anilines is 1. The fourth-order valence-electron chi connectivity index (χ4n) is 3.24. The quantitative estimate of drug-likeness (QED) is 0.659. The number of nitro benzene ring substituents is 1. The number of hydrogen-bond donors (Lipinski definition) is 1. The molecule has 0 saturated heterocycles. The molecule has 2 rings (SSSR count). The Morgan fingerprint density at radius 2 is 1.96 bits per heavy atom. The van der Waals surface area contributed by atoms with E-state index in [1.165, 1.54) is 12.1 Å². The Morgan fingerprint density at radius 1 is 1.29 bits per heavy atom. The van der Waals surface area contributed by atoms with E-state index in [-0.39, 0.29) is 23.6 Å². The molecule has 1 aliphatic rings. The number of carbonyl (C=O) groups is 1. The highest BCUT2D eigenvalue weighted by Gasteiger charge is 2.27. The minimum Gasteiger partial charge on any atom is -0.393 e. The van der Waals surface area contributed by atoms with Crippen molar-refractivity contribution in [3.63, 3.8) is 0 Å². The van der Waals surface area contributed by atoms with Gasteiger partial charge in [0.25, 0.3) is 11.6 Å². The highest BCUT2D eigenvalue weighted by atomic mass is 16.6. The van der Waals surface area contributed by atoms with Gasteiger partial charge in [-0.2, -0.15) is 0 Å². The first-order valence-electron chi connectivity index (χ1n) is 8.20. The SMILES string of the molecule is CN(CC1CCCCC1O)C(=O)c1cc([N+](=O)[O-])ccc1N(C)C. The smallest absolute Gasteiger partial charge is 0.270 e. The summed E-state index contributed by atoms with van der Waals surface area (Å²) in [6.45, 7) is 0.454. The topological polar surface area (TPSA) is 86.9 Å². The van der Waals surface area contributed by atoms with E-state index in [0.29, 0.717) is 17.8 Å². The zero-order chi connectivity index (χ0) is 17.9. The molecule has 1 N–H and O–H groups in total. The molecule has 1 fully saturated rings. The minimum absolute atomic E-state index is 0.0641. The Labute approximate surface area is 142 Å². The summed E-state index contributed by atoms with van der Waals surface area (Å²) >= 11 is 0. The molecule has 0 heterocycles. The summed E-state index contributed by atoms with van der Waals surface area (Å²) < 4.78 is 0. The van der Waals surface area contributed by atoms with E-state index >= 15 is 0 Å². The van der Waals surface area contributed by atoms with Crippen LogP contribution in [0.4, 0.5) is 11.4 Å². The lowest BCUT2D eigenvalue weighted by Crippen LogP contribution is -2.38. The summed E-state index contributed by atoms with van der Waals surface area (Å²) in [5.74, 6) is -0.200. The third-order valence-electron chi connectivity index (χ3n) is 4.63. The molecular weight excluding hydrogens is 310 g/mol. The number of hydrogen-bond acceptors (Lipinski definition) is 5. The van der Waals surface area contributed by atoms with Gasteiger partial charge in [0.1, 0.15) is 0 Å². The van der Waals surface area contributed by atoms with Crippen molar-refractivity contribution in [3.05, 3.63) is 33.9 Å². The predicted molar refractivity (Wildman–Crippen MR) is 92.3 cm³/mol. The summed E-state index contributed by atoms with van der Waals surface area (Å²) in [4.78, 5) is 26.7. The van der Waals surface area contributed by atoms with E-state index in [0.717, 1.165) is 25.7 Å². The molecule has 7 nitrogen and oxygen atoms in total. The Kier molecular flexibility index (Phi) is 5.77. The first kappa shape index (κ1) is 18.2. The van der Waals surface area contributed by atoms with Gasteiger partial charge in [-0.25, -0.2) is 0 Å². The Hall–Kier alpha value is -2.15. The van der Waals surface area contributed by atoms with Crippen molar-refractivity contribution < 1.29 is 14.8 Å². The maximum Gasteiger partial charge on any atom is 0.270 e. The Balaban J connectivity index is 2.23. The van der Waals surface area contributed by atoms with Gasteiger partial charge in [-0.05, 0) is 18.9 Å². The lowest BCUT2D eigenvalue weighted by Gasteiger charge is -2.31. The maximum atomic E-state index is 12.8. The molecule has 1 aliphatic carbocycles. The molecule has 1 amide bonds. The zero-order valence-corrected chi connectivity index (χ0v) is 14.4. The fraction of sp³-hybridized carbons (Fsp3) is 0.588. The van der Waals surface area contributed by atoms with Crippen LogP contribution in [0.5, 0.6) is 0 Å². The molecule has 24 heavy (non-hydrogen) atoms. The average Bonchev–Trinajstić information content (AvgIpc) is 2.55. The second-order valence-corrected chi connectivity index (χ2v) is 6.65. The number of nitrogens with zero attached hydrogens (tertiary/aromatic N) is 3. The van der Waals surface area contributed by atoms with Crippen LogP contribution in [0.25, 0.3) is 0 Å². The first-order valence-corrected chi connectivity index (χ1v) is 8.20. The van der Waals surface area contributed by atoms with E-state index in [2.05, 4.69) is 0 Å². The van der Waals surface area contributed by atoms with Crippen molar-refractivity contribution in [2.24, 2.45) is 5.92 Å². The number of rotatable bonds is 5. The van der Waals surface area contributed by atoms with Crippen LogP contribution in [0.3, 0.4) is 0 Å². The van der Waals surface area contributed by atoms with Crippen molar-refractivity contribution >= 4 is 17.3 Å². The number of non-ortho nitro benzene ring substituents is 1. The van der Waals surface area contributed by atoms with Crippen molar-refractivity contribution in [2.75, 3.05) is 32.6 Å². The number of aliphatic hydroxyl groups is 1. The summed E-state index contributed by atoms with van der Waals surface area (Å²) in [5.41, 5.74) is 0.846. The van der Waals surface area contributed by atoms with Gasteiger partial charge in [-0.15, -0.1) is 0 Å². The summed E-state index contributed by atoms with van der Waals surface area (Å²) in [6.07, 6.45) is 3.36. The summed E-state index contributed by atoms with van der Waals surface area (Å²) in [6, 6.07) is 4.32. The lowest BCUT2D eigenvalue weighted by atomic mass is 9.86. The van der Waals surface area contributed by atoms with Crippen LogP contribution in [-0.4, -0.2) is 54.6 Å². The number of benzene rings is 1. The highest BCUT2D eigenvalue weighted by Crippen LogP contribution is 2.28. The second-order valence-electron chi connectivity index (χ2n) is 6.65. The number of aliphatic hydroxyl groups excluding tert-OH is 1. The van der Waals surface area contributed by atoms with Gasteiger partial charge < -0.3 is 14.9 Å². The standard InChI is InChI=1S/C17H25N3O4/c1-18(2)15-9-8-13(20(23)24)10-14(15)17(22)19(3)11-12-6-4-5-7-16(12)21/h8-10,12,16,21H,4-7,11H2,1-3H3. The first-order chi connectivity index (χ1) is 11.3. The van der Waals surface area contributed by atoms with Gasteiger partial charge in [0, 0.05) is 51.4 Å². The Bertz CT molecular complexity index is 618. The van der Waals surface area contributed by atoms with Crippen LogP contribution in [0.1, 0.15) is 36.0 Å². The van der Waals surface area contributed by atoms with Gasteiger partial charge in [0.2, 0.25) is 0 Å². The third-order valence-corrected chi connectivity index (χ3v) is 4.63. The zero-order valence-electron chi connectivity index (χ0n) is 14.4. The van der Waals surface area contributed by atoms with Crippen molar-refractivity contribution in [1.29, 1.82) is 0 Å². The number of amides is 1. The van der Waals surface area contributed by atoms with Crippen LogP contribution in [0.15, 0.2) is 18.2 Å². The van der Waals surface area contributed by atoms with Crippen molar-refractivity contribution in [3.8, 4) is 0 Å². The molecule has 0 bridgehead atoms. The molecule has 7 heteroatoms. The minimum atomic E-state index is -0.499. The van der Waals surface area contributed by atoms with E-state index < -0.39 is 4.92 Å². The number of nitro groups is 1. The molecule has 0 radical (unpaired) electrons. The highest BCUT2D eigenvalue weighted by molar-refractivity contribution is 6.00. The van der Waals surface area contributed by atoms with Gasteiger partial charge >= 0.3 is 0 Å². The van der Waals surface area contributed by atoms with Crippen LogP contribution in [0.2, 0.25) is 0 Å². The van der Waals surface area contributed by atoms with Crippen LogP contribution in [-0.2, 0) is 0 Å². The summed E-state index contributed by atoms with van der Waals surface area (Å²) in [7, 11) is 5.27. The molecule has 2 atom stereocenters. The molecule has 132 valence electrons. The van der Waals surface area contributed by atoms with Crippen LogP contribution in [0, 0.1) is 16.0 Å². The maximum absolute atomic E-state index is 12.8. The van der Waals surface area contributed by atoms with Gasteiger partial charge in [-0.3, -0.25) is 14.9 Å². The fourth-order valence-corrected chi connectivity index (χ4v) is 3.24. The normalized spacial score (nSPS) is 20.5. The van der Waals surface area contributed by atoms with E-state index in [1.54, 1.807) is 37.0 Å². The average molecular weight is 335 g/mol. The second kappa shape index (κ2) is 7.61. The monoisotopic (exact) mass is 335 g/mol. The molecule has 0 aliphatic heterocycles. The van der Waals surface area contributed by atoms with Gasteiger partial charge in [0.15, 0.2) is 0 Å². The van der Waals surface area contributed by atoms with Crippen molar-refractivity contribution in [2.45, 2.75) is 31.8 Å². The molecule has 1 saturated carbocycles. The lowest BCUT2D eigenvalue weighted by molar-refractivity contribution is -0.384. The molecule has 1 aromatic rings. The van der Waals surface area contributed by atoms with Crippen LogP contribution >= 0.6 is 0 Å². The van der Waals surface area contributed by atoms with E-state index in [4.69, 9.17) is 0 Å². The molecule has 0 aromatic heterocycles. The molecule has 0 spiro atoms. The molecular formula is C17H25N3O4. The summed E-state index contributed by atoms with van der Waals surface area (Å²) in [5, 5.41) is 21.1.